The first-order valence-corrected chi connectivity index (χ1v) is 11.9. The van der Waals surface area contributed by atoms with Crippen LogP contribution in [0.1, 0.15) is 18.2 Å². The zero-order chi connectivity index (χ0) is 23.9. The van der Waals surface area contributed by atoms with Gasteiger partial charge in [-0.2, -0.15) is 5.10 Å². The third kappa shape index (κ3) is 3.83. The molecule has 0 bridgehead atoms. The molecule has 3 N–H and O–H groups in total. The number of aryl methyl sites for hydroxylation is 1. The van der Waals surface area contributed by atoms with E-state index in [9.17, 15) is 4.79 Å². The second kappa shape index (κ2) is 8.41. The van der Waals surface area contributed by atoms with Crippen molar-refractivity contribution in [2.45, 2.75) is 20.3 Å². The van der Waals surface area contributed by atoms with Crippen LogP contribution in [0, 0.1) is 6.92 Å². The van der Waals surface area contributed by atoms with Gasteiger partial charge in [0.15, 0.2) is 5.82 Å². The van der Waals surface area contributed by atoms with Crippen LogP contribution in [0.15, 0.2) is 55.1 Å². The molecule has 1 amide bonds. The van der Waals surface area contributed by atoms with Crippen LogP contribution in [0.4, 0.5) is 5.69 Å². The number of pyridine rings is 3. The zero-order valence-electron chi connectivity index (χ0n) is 19.0. The lowest BCUT2D eigenvalue weighted by Gasteiger charge is -2.06. The first-order chi connectivity index (χ1) is 17.1. The van der Waals surface area contributed by atoms with Crippen LogP contribution in [0.5, 0.6) is 0 Å². The summed E-state index contributed by atoms with van der Waals surface area (Å²) in [6, 6.07) is 9.88. The minimum absolute atomic E-state index is 0.0686. The summed E-state index contributed by atoms with van der Waals surface area (Å²) in [6.45, 7) is 3.88. The van der Waals surface area contributed by atoms with E-state index in [0.717, 1.165) is 38.1 Å². The van der Waals surface area contributed by atoms with E-state index in [0.29, 0.717) is 29.3 Å². The molecule has 0 saturated heterocycles. The molecule has 0 saturated carbocycles. The maximum absolute atomic E-state index is 11.8. The lowest BCUT2D eigenvalue weighted by Crippen LogP contribution is -2.09. The van der Waals surface area contributed by atoms with Crippen molar-refractivity contribution in [2.75, 3.05) is 5.32 Å². The number of amides is 1. The molecule has 6 heterocycles. The van der Waals surface area contributed by atoms with Gasteiger partial charge in [-0.05, 0) is 37.3 Å². The molecule has 6 rings (SSSR count). The van der Waals surface area contributed by atoms with Gasteiger partial charge in [0.25, 0.3) is 0 Å². The van der Waals surface area contributed by atoms with Crippen molar-refractivity contribution in [3.05, 3.63) is 60.0 Å². The predicted octanol–water partition coefficient (Wildman–Crippen LogP) is 5.34. The Hall–Kier alpha value is -4.44. The van der Waals surface area contributed by atoms with Gasteiger partial charge in [0.1, 0.15) is 16.9 Å². The second-order valence-electron chi connectivity index (χ2n) is 8.10. The van der Waals surface area contributed by atoms with Gasteiger partial charge in [-0.15, -0.1) is 11.3 Å². The normalized spacial score (nSPS) is 11.4. The number of aromatic amines is 2. The van der Waals surface area contributed by atoms with Crippen LogP contribution < -0.4 is 5.32 Å². The van der Waals surface area contributed by atoms with Gasteiger partial charge in [-0.25, -0.2) is 4.98 Å². The number of H-pyrrole nitrogens is 2. The third-order valence-electron chi connectivity index (χ3n) is 5.69. The van der Waals surface area contributed by atoms with Gasteiger partial charge in [0, 0.05) is 34.6 Å². The Labute approximate surface area is 203 Å². The maximum Gasteiger partial charge on any atom is 0.224 e. The van der Waals surface area contributed by atoms with Crippen molar-refractivity contribution in [2.24, 2.45) is 0 Å². The van der Waals surface area contributed by atoms with Crippen molar-refractivity contribution >= 4 is 44.9 Å². The van der Waals surface area contributed by atoms with Crippen LogP contribution in [-0.4, -0.2) is 41.0 Å². The molecule has 0 atom stereocenters. The Morgan fingerprint density at radius 2 is 1.97 bits per heavy atom. The van der Waals surface area contributed by atoms with Crippen LogP contribution in [0.3, 0.4) is 0 Å². The fourth-order valence-electron chi connectivity index (χ4n) is 3.94. The molecule has 6 aromatic heterocycles. The fourth-order valence-corrected chi connectivity index (χ4v) is 4.81. The Kier molecular flexibility index (Phi) is 5.07. The maximum atomic E-state index is 11.8. The van der Waals surface area contributed by atoms with E-state index in [1.807, 2.05) is 18.2 Å². The lowest BCUT2D eigenvalue weighted by atomic mass is 10.1. The molecule has 0 aliphatic rings. The molecule has 172 valence electrons. The topological polar surface area (TPSA) is 125 Å². The highest BCUT2D eigenvalue weighted by Crippen LogP contribution is 2.34. The first-order valence-electron chi connectivity index (χ1n) is 11.1. The molecular formula is C25H20N8OS. The Morgan fingerprint density at radius 1 is 1.06 bits per heavy atom. The quantitative estimate of drug-likeness (QED) is 0.306. The Bertz CT molecular complexity index is 1710. The molecular weight excluding hydrogens is 460 g/mol. The molecule has 35 heavy (non-hydrogen) atoms. The van der Waals surface area contributed by atoms with Gasteiger partial charge < -0.3 is 10.3 Å². The van der Waals surface area contributed by atoms with E-state index in [1.54, 1.807) is 43.0 Å². The smallest absolute Gasteiger partial charge is 0.224 e. The van der Waals surface area contributed by atoms with Crippen LogP contribution >= 0.6 is 11.3 Å². The average molecular weight is 481 g/mol. The SMILES string of the molecule is CCC(=O)Nc1cncc(-c2cc3c(-c4nc5c(-c6ccc(C)s6)nccc5[nH]4)n[nH]c3cn2)c1. The molecule has 0 aliphatic heterocycles. The van der Waals surface area contributed by atoms with Crippen LogP contribution in [0.2, 0.25) is 0 Å². The number of hydrogen-bond donors (Lipinski definition) is 3. The Morgan fingerprint density at radius 3 is 2.80 bits per heavy atom. The molecule has 6 aromatic rings. The van der Waals surface area contributed by atoms with Crippen molar-refractivity contribution < 1.29 is 4.79 Å². The molecule has 0 aromatic carbocycles. The lowest BCUT2D eigenvalue weighted by molar-refractivity contribution is -0.115. The number of nitrogens with one attached hydrogen (secondary N) is 3. The van der Waals surface area contributed by atoms with Crippen LogP contribution in [0.25, 0.3) is 55.3 Å². The predicted molar refractivity (Wildman–Crippen MR) is 137 cm³/mol. The number of imidazole rings is 1. The summed E-state index contributed by atoms with van der Waals surface area (Å²) in [5.74, 6) is 0.578. The largest absolute Gasteiger partial charge is 0.336 e. The third-order valence-corrected chi connectivity index (χ3v) is 6.69. The van der Waals surface area contributed by atoms with Crippen molar-refractivity contribution in [3.63, 3.8) is 0 Å². The van der Waals surface area contributed by atoms with Crippen molar-refractivity contribution in [1.29, 1.82) is 0 Å². The average Bonchev–Trinajstić information content (AvgIpc) is 3.61. The highest BCUT2D eigenvalue weighted by molar-refractivity contribution is 7.15. The minimum atomic E-state index is -0.0686. The number of carbonyl (C=O) groups is 1. The molecule has 10 heteroatoms. The number of hydrogen-bond acceptors (Lipinski definition) is 7. The van der Waals surface area contributed by atoms with E-state index in [1.165, 1.54) is 4.88 Å². The van der Waals surface area contributed by atoms with E-state index in [-0.39, 0.29) is 5.91 Å². The minimum Gasteiger partial charge on any atom is -0.336 e. The summed E-state index contributed by atoms with van der Waals surface area (Å²) in [4.78, 5) is 35.8. The number of aromatic nitrogens is 7. The zero-order valence-corrected chi connectivity index (χ0v) is 19.8. The van der Waals surface area contributed by atoms with E-state index < -0.39 is 0 Å². The monoisotopic (exact) mass is 480 g/mol. The van der Waals surface area contributed by atoms with Gasteiger partial charge in [0.05, 0.1) is 39.7 Å². The molecule has 0 unspecified atom stereocenters. The number of carbonyl (C=O) groups excluding carboxylic acids is 1. The Balaban J connectivity index is 1.43. The fraction of sp³-hybridized carbons (Fsp3) is 0.120. The first kappa shape index (κ1) is 21.1. The number of rotatable bonds is 5. The second-order valence-corrected chi connectivity index (χ2v) is 9.39. The molecule has 0 fully saturated rings. The van der Waals surface area contributed by atoms with Gasteiger partial charge in [-0.3, -0.25) is 24.8 Å². The summed E-state index contributed by atoms with van der Waals surface area (Å²) in [5, 5.41) is 11.3. The summed E-state index contributed by atoms with van der Waals surface area (Å²) in [5.41, 5.74) is 6.16. The van der Waals surface area contributed by atoms with Crippen molar-refractivity contribution in [3.8, 4) is 33.3 Å². The summed E-state index contributed by atoms with van der Waals surface area (Å²) < 4.78 is 0. The van der Waals surface area contributed by atoms with E-state index in [2.05, 4.69) is 54.5 Å². The van der Waals surface area contributed by atoms with Gasteiger partial charge in [0.2, 0.25) is 5.91 Å². The molecule has 9 nitrogen and oxygen atoms in total. The molecule has 0 aliphatic carbocycles. The highest BCUT2D eigenvalue weighted by Gasteiger charge is 2.17. The van der Waals surface area contributed by atoms with Gasteiger partial charge >= 0.3 is 0 Å². The number of thiophene rings is 1. The van der Waals surface area contributed by atoms with Crippen LogP contribution in [-0.2, 0) is 4.79 Å². The van der Waals surface area contributed by atoms with Crippen molar-refractivity contribution in [1.82, 2.24) is 35.1 Å². The van der Waals surface area contributed by atoms with Gasteiger partial charge in [-0.1, -0.05) is 6.92 Å². The summed E-state index contributed by atoms with van der Waals surface area (Å²) >= 11 is 1.69. The molecule has 0 spiro atoms. The molecule has 0 radical (unpaired) electrons. The summed E-state index contributed by atoms with van der Waals surface area (Å²) in [6.07, 6.45) is 7.26. The highest BCUT2D eigenvalue weighted by atomic mass is 32.1. The number of nitrogens with zero attached hydrogens (tertiary/aromatic N) is 5. The van der Waals surface area contributed by atoms with E-state index >= 15 is 0 Å². The standard InChI is InChI=1S/C25H20N8OS/c1-3-21(34)29-15-8-14(10-26-11-15)18-9-16-19(12-28-18)32-33-22(16)25-30-17-6-7-27-24(23(17)31-25)20-5-4-13(2)35-20/h4-12H,3H2,1-2H3,(H,29,34)(H,30,31)(H,32,33). The van der Waals surface area contributed by atoms with E-state index in [4.69, 9.17) is 4.98 Å². The number of anilines is 1. The summed E-state index contributed by atoms with van der Waals surface area (Å²) in [7, 11) is 0. The number of fused-ring (bicyclic) bond motifs is 2.